The van der Waals surface area contributed by atoms with Gasteiger partial charge in [0.1, 0.15) is 28.8 Å². The molecule has 192 valence electrons. The first-order chi connectivity index (χ1) is 17.2. The number of methoxy groups -OCH3 is 1. The van der Waals surface area contributed by atoms with Crippen LogP contribution in [-0.2, 0) is 14.6 Å². The van der Waals surface area contributed by atoms with E-state index in [1.165, 1.54) is 28.4 Å². The SMILES string of the molecule is COc1cccc([S+](=O)([O-])N2CCCC3(C2)C(=NC2CCCC2)NC(=O)N3c2cc(F)cc(F)c2)c1. The van der Waals surface area contributed by atoms with Crippen LogP contribution in [-0.4, -0.2) is 52.5 Å². The molecule has 8 nitrogen and oxygen atoms in total. The van der Waals surface area contributed by atoms with Gasteiger partial charge in [0.05, 0.1) is 25.4 Å². The van der Waals surface area contributed by atoms with Crippen molar-refractivity contribution >= 4 is 28.0 Å². The molecular formula is C25H28F2N4O4S. The summed E-state index contributed by atoms with van der Waals surface area (Å²) in [5, 5.41) is 2.81. The molecule has 1 saturated carbocycles. The second-order valence-corrected chi connectivity index (χ2v) is 11.4. The Balaban J connectivity index is 1.59. The summed E-state index contributed by atoms with van der Waals surface area (Å²) in [5.41, 5.74) is -1.20. The molecule has 2 amide bonds. The molecule has 2 unspecified atom stereocenters. The highest BCUT2D eigenvalue weighted by atomic mass is 32.3. The first-order valence-corrected chi connectivity index (χ1v) is 13.5. The van der Waals surface area contributed by atoms with Crippen LogP contribution < -0.4 is 15.0 Å². The van der Waals surface area contributed by atoms with Crippen molar-refractivity contribution < 1.29 is 27.1 Å². The maximum atomic E-state index is 14.2. The van der Waals surface area contributed by atoms with Crippen molar-refractivity contribution in [1.29, 1.82) is 0 Å². The number of amidine groups is 1. The Morgan fingerprint density at radius 3 is 2.56 bits per heavy atom. The van der Waals surface area contributed by atoms with Gasteiger partial charge in [-0.1, -0.05) is 23.1 Å². The Kier molecular flexibility index (Phi) is 6.56. The standard InChI is InChI=1S/C25H28F2N4O4S/c1-35-21-8-4-9-22(15-21)36(33,34)30-11-5-10-25(16-30)23(28-19-6-2-3-7-19)29-24(32)31(25)20-13-17(26)12-18(27)14-20/h4,8-9,12-15,19H,2-3,5-7,10-11,16H2,1H3,(H-,28,29,32,33,34). The monoisotopic (exact) mass is 518 g/mol. The highest BCUT2D eigenvalue weighted by Gasteiger charge is 2.56. The zero-order valence-corrected chi connectivity index (χ0v) is 20.7. The number of amides is 2. The van der Waals surface area contributed by atoms with Gasteiger partial charge in [0, 0.05) is 18.7 Å². The van der Waals surface area contributed by atoms with E-state index in [1.54, 1.807) is 12.1 Å². The van der Waals surface area contributed by atoms with Gasteiger partial charge in [0.2, 0.25) is 0 Å². The van der Waals surface area contributed by atoms with E-state index >= 15 is 0 Å². The third-order valence-electron chi connectivity index (χ3n) is 7.15. The number of carbonyl (C=O) groups is 1. The van der Waals surface area contributed by atoms with Crippen molar-refractivity contribution in [2.75, 3.05) is 25.1 Å². The molecule has 0 aromatic heterocycles. The fourth-order valence-electron chi connectivity index (χ4n) is 5.46. The lowest BCUT2D eigenvalue weighted by Gasteiger charge is -2.44. The summed E-state index contributed by atoms with van der Waals surface area (Å²) in [5.74, 6) is -0.896. The Morgan fingerprint density at radius 2 is 1.86 bits per heavy atom. The van der Waals surface area contributed by atoms with E-state index in [-0.39, 0.29) is 29.7 Å². The van der Waals surface area contributed by atoms with Crippen LogP contribution in [0, 0.1) is 11.6 Å². The summed E-state index contributed by atoms with van der Waals surface area (Å²) in [6.45, 7) is 0.131. The molecule has 1 N–H and O–H groups in total. The zero-order valence-electron chi connectivity index (χ0n) is 19.9. The van der Waals surface area contributed by atoms with Gasteiger partial charge in [-0.2, -0.15) is 0 Å². The zero-order chi connectivity index (χ0) is 25.5. The number of sulfonamides is 1. The van der Waals surface area contributed by atoms with Gasteiger partial charge in [-0.05, 0) is 49.9 Å². The fraction of sp³-hybridized carbons (Fsp3) is 0.440. The second-order valence-electron chi connectivity index (χ2n) is 9.46. The predicted molar refractivity (Wildman–Crippen MR) is 131 cm³/mol. The number of anilines is 1. The molecule has 2 aliphatic heterocycles. The Morgan fingerprint density at radius 1 is 1.14 bits per heavy atom. The molecule has 0 bridgehead atoms. The highest BCUT2D eigenvalue weighted by Crippen LogP contribution is 2.40. The average molecular weight is 519 g/mol. The van der Waals surface area contributed by atoms with Gasteiger partial charge >= 0.3 is 6.03 Å². The summed E-state index contributed by atoms with van der Waals surface area (Å²) in [7, 11) is -2.51. The Bertz CT molecular complexity index is 1230. The quantitative estimate of drug-likeness (QED) is 0.598. The number of aliphatic imine (C=N–C) groups is 1. The maximum Gasteiger partial charge on any atom is 0.328 e. The van der Waals surface area contributed by atoms with Gasteiger partial charge in [-0.15, -0.1) is 4.31 Å². The van der Waals surface area contributed by atoms with Crippen molar-refractivity contribution in [1.82, 2.24) is 9.62 Å². The molecule has 36 heavy (non-hydrogen) atoms. The van der Waals surface area contributed by atoms with Crippen LogP contribution in [0.5, 0.6) is 5.75 Å². The first kappa shape index (κ1) is 24.8. The summed E-state index contributed by atoms with van der Waals surface area (Å²) in [6.07, 6.45) is 4.61. The van der Waals surface area contributed by atoms with E-state index in [4.69, 9.17) is 9.73 Å². The van der Waals surface area contributed by atoms with Crippen LogP contribution in [0.15, 0.2) is 52.4 Å². The number of hydrogen-bond donors (Lipinski definition) is 1. The van der Waals surface area contributed by atoms with E-state index in [0.717, 1.165) is 43.9 Å². The van der Waals surface area contributed by atoms with Crippen LogP contribution in [0.1, 0.15) is 38.5 Å². The number of nitrogens with zero attached hydrogens (tertiary/aromatic N) is 3. The Labute approximate surface area is 209 Å². The van der Waals surface area contributed by atoms with Crippen LogP contribution in [0.25, 0.3) is 0 Å². The molecule has 0 radical (unpaired) electrons. The van der Waals surface area contributed by atoms with E-state index in [2.05, 4.69) is 5.32 Å². The minimum absolute atomic E-state index is 0.00624. The lowest BCUT2D eigenvalue weighted by molar-refractivity contribution is 0.236. The molecule has 11 heteroatoms. The molecule has 3 fully saturated rings. The molecule has 3 aliphatic rings. The van der Waals surface area contributed by atoms with Crippen LogP contribution in [0.2, 0.25) is 0 Å². The van der Waals surface area contributed by atoms with Crippen molar-refractivity contribution in [2.24, 2.45) is 4.99 Å². The summed E-state index contributed by atoms with van der Waals surface area (Å²) in [4.78, 5) is 19.5. The maximum absolute atomic E-state index is 14.2. The minimum Gasteiger partial charge on any atom is -0.593 e. The molecule has 2 aromatic rings. The number of ether oxygens (including phenoxy) is 1. The van der Waals surface area contributed by atoms with Gasteiger partial charge < -0.3 is 9.29 Å². The third kappa shape index (κ3) is 4.39. The van der Waals surface area contributed by atoms with Gasteiger partial charge in [0.25, 0.3) is 0 Å². The highest BCUT2D eigenvalue weighted by molar-refractivity contribution is 7.95. The number of halogens is 2. The predicted octanol–water partition coefficient (Wildman–Crippen LogP) is 4.28. The van der Waals surface area contributed by atoms with Crippen LogP contribution >= 0.6 is 0 Å². The number of benzene rings is 2. The van der Waals surface area contributed by atoms with E-state index in [9.17, 15) is 22.3 Å². The van der Waals surface area contributed by atoms with Crippen LogP contribution in [0.3, 0.4) is 0 Å². The first-order valence-electron chi connectivity index (χ1n) is 12.0. The molecule has 5 rings (SSSR count). The average Bonchev–Trinajstić information content (AvgIpc) is 3.45. The topological polar surface area (TPSA) is 97.3 Å². The normalized spacial score (nSPS) is 25.9. The Hall–Kier alpha value is -2.89. The molecule has 2 heterocycles. The minimum atomic E-state index is -3.96. The molecule has 2 atom stereocenters. The molecule has 2 saturated heterocycles. The fourth-order valence-corrected chi connectivity index (χ4v) is 7.03. The second kappa shape index (κ2) is 9.53. The van der Waals surface area contributed by atoms with Crippen molar-refractivity contribution in [3.05, 3.63) is 54.1 Å². The summed E-state index contributed by atoms with van der Waals surface area (Å²) >= 11 is 0. The van der Waals surface area contributed by atoms with Crippen molar-refractivity contribution in [3.63, 3.8) is 0 Å². The number of nitrogens with one attached hydrogen (secondary N) is 1. The number of hydrogen-bond acceptors (Lipinski definition) is 5. The molecular weight excluding hydrogens is 490 g/mol. The molecule has 2 aromatic carbocycles. The number of carbonyl (C=O) groups excluding carboxylic acids is 1. The number of piperidine rings is 1. The molecule has 1 spiro atoms. The van der Waals surface area contributed by atoms with Gasteiger partial charge in [-0.25, -0.2) is 13.6 Å². The lowest BCUT2D eigenvalue weighted by Crippen LogP contribution is -2.62. The van der Waals surface area contributed by atoms with Gasteiger partial charge in [0.15, 0.2) is 15.3 Å². The summed E-state index contributed by atoms with van der Waals surface area (Å²) < 4.78 is 62.2. The smallest absolute Gasteiger partial charge is 0.328 e. The third-order valence-corrected chi connectivity index (χ3v) is 9.00. The lowest BCUT2D eigenvalue weighted by atomic mass is 9.87. The van der Waals surface area contributed by atoms with E-state index in [1.807, 2.05) is 0 Å². The van der Waals surface area contributed by atoms with Crippen molar-refractivity contribution in [3.8, 4) is 5.75 Å². The number of rotatable bonds is 5. The largest absolute Gasteiger partial charge is 0.593 e. The van der Waals surface area contributed by atoms with Crippen LogP contribution in [0.4, 0.5) is 19.3 Å². The van der Waals surface area contributed by atoms with Gasteiger partial charge in [-0.3, -0.25) is 15.2 Å². The molecule has 1 aliphatic carbocycles. The van der Waals surface area contributed by atoms with Crippen molar-refractivity contribution in [2.45, 2.75) is 55.0 Å². The van der Waals surface area contributed by atoms with E-state index < -0.39 is 33.6 Å². The summed E-state index contributed by atoms with van der Waals surface area (Å²) in [6, 6.07) is 8.51. The van der Waals surface area contributed by atoms with E-state index in [0.29, 0.717) is 24.4 Å². The number of urea groups is 1.